The molecule has 0 aromatic carbocycles. The number of nitrogens with zero attached hydrogens (tertiary/aromatic N) is 1. The van der Waals surface area contributed by atoms with Crippen LogP contribution < -0.4 is 5.32 Å². The zero-order valence-corrected chi connectivity index (χ0v) is 14.4. The molecule has 3 unspecified atom stereocenters. The molecule has 5 nitrogen and oxygen atoms in total. The lowest BCUT2D eigenvalue weighted by atomic mass is 9.95. The van der Waals surface area contributed by atoms with Crippen LogP contribution in [-0.4, -0.2) is 61.4 Å². The van der Waals surface area contributed by atoms with Crippen LogP contribution in [0.2, 0.25) is 0 Å². The number of likely N-dealkylation sites (N-methyl/N-ethyl adjacent to an activating group) is 1. The monoisotopic (exact) mass is 300 g/mol. The maximum Gasteiger partial charge on any atom is 0.326 e. The molecular weight excluding hydrogens is 268 g/mol. The average Bonchev–Trinajstić information content (AvgIpc) is 2.82. The van der Waals surface area contributed by atoms with Gasteiger partial charge in [-0.1, -0.05) is 0 Å². The summed E-state index contributed by atoms with van der Waals surface area (Å²) in [4.78, 5) is 14.6. The summed E-state index contributed by atoms with van der Waals surface area (Å²) < 4.78 is 10.9. The van der Waals surface area contributed by atoms with Crippen LogP contribution in [0.15, 0.2) is 0 Å². The van der Waals surface area contributed by atoms with Gasteiger partial charge in [-0.25, -0.2) is 0 Å². The van der Waals surface area contributed by atoms with E-state index in [1.807, 2.05) is 27.7 Å². The highest BCUT2D eigenvalue weighted by Crippen LogP contribution is 2.21. The van der Waals surface area contributed by atoms with Gasteiger partial charge in [-0.05, 0) is 54.5 Å². The Bertz CT molecular complexity index is 335. The van der Waals surface area contributed by atoms with Crippen molar-refractivity contribution in [2.75, 3.05) is 26.8 Å². The highest BCUT2D eigenvalue weighted by Gasteiger charge is 2.36. The van der Waals surface area contributed by atoms with Gasteiger partial charge in [0, 0.05) is 25.2 Å². The molecule has 0 amide bonds. The van der Waals surface area contributed by atoms with Crippen LogP contribution >= 0.6 is 0 Å². The van der Waals surface area contributed by atoms with Gasteiger partial charge in [-0.2, -0.15) is 0 Å². The predicted octanol–water partition coefficient (Wildman–Crippen LogP) is 1.81. The van der Waals surface area contributed by atoms with Gasteiger partial charge in [-0.15, -0.1) is 0 Å². The average molecular weight is 300 g/mol. The Balaban J connectivity index is 2.61. The summed E-state index contributed by atoms with van der Waals surface area (Å²) >= 11 is 0. The van der Waals surface area contributed by atoms with Crippen LogP contribution in [-0.2, 0) is 14.3 Å². The van der Waals surface area contributed by atoms with E-state index in [0.717, 1.165) is 26.0 Å². The maximum absolute atomic E-state index is 12.3. The molecule has 0 aromatic heterocycles. The van der Waals surface area contributed by atoms with Crippen LogP contribution in [0.4, 0.5) is 0 Å². The van der Waals surface area contributed by atoms with Crippen molar-refractivity contribution >= 4 is 5.97 Å². The quantitative estimate of drug-likeness (QED) is 0.693. The topological polar surface area (TPSA) is 50.8 Å². The summed E-state index contributed by atoms with van der Waals surface area (Å²) in [5, 5.41) is 3.37. The molecule has 1 rings (SSSR count). The molecule has 0 bridgehead atoms. The molecular formula is C16H32N2O3. The fourth-order valence-corrected chi connectivity index (χ4v) is 3.03. The molecule has 5 heteroatoms. The minimum atomic E-state index is -0.638. The van der Waals surface area contributed by atoms with Gasteiger partial charge in [0.05, 0.1) is 12.7 Å². The highest BCUT2D eigenvalue weighted by atomic mass is 16.5. The highest BCUT2D eigenvalue weighted by molar-refractivity contribution is 5.80. The first kappa shape index (κ1) is 18.4. The third-order valence-corrected chi connectivity index (χ3v) is 4.20. The van der Waals surface area contributed by atoms with Crippen molar-refractivity contribution < 1.29 is 14.3 Å². The van der Waals surface area contributed by atoms with Gasteiger partial charge in [-0.3, -0.25) is 10.1 Å². The van der Waals surface area contributed by atoms with Crippen LogP contribution in [0.5, 0.6) is 0 Å². The molecule has 0 radical (unpaired) electrons. The van der Waals surface area contributed by atoms with Gasteiger partial charge < -0.3 is 14.4 Å². The molecule has 1 saturated heterocycles. The minimum Gasteiger partial charge on any atom is -0.465 e. The Labute approximate surface area is 129 Å². The zero-order valence-electron chi connectivity index (χ0n) is 14.4. The summed E-state index contributed by atoms with van der Waals surface area (Å²) in [5.41, 5.74) is -0.638. The molecule has 1 aliphatic heterocycles. The van der Waals surface area contributed by atoms with Crippen LogP contribution in [0.3, 0.4) is 0 Å². The predicted molar refractivity (Wildman–Crippen MR) is 84.4 cm³/mol. The standard InChI is InChI=1S/C16H32N2O3/c1-7-20-15(19)16(5,17-12(2)3)9-10-18(6)14-8-11-21-13(14)4/h12-14,17H,7-11H2,1-6H3. The van der Waals surface area contributed by atoms with E-state index in [-0.39, 0.29) is 18.1 Å². The second-order valence-electron chi connectivity index (χ2n) is 6.51. The number of hydrogen-bond donors (Lipinski definition) is 1. The third kappa shape index (κ3) is 5.24. The molecule has 1 N–H and O–H groups in total. The van der Waals surface area contributed by atoms with Crippen molar-refractivity contribution in [2.45, 2.75) is 71.2 Å². The Kier molecular flexibility index (Phi) is 7.10. The molecule has 0 spiro atoms. The van der Waals surface area contributed by atoms with Gasteiger partial charge in [0.2, 0.25) is 0 Å². The van der Waals surface area contributed by atoms with E-state index < -0.39 is 5.54 Å². The fourth-order valence-electron chi connectivity index (χ4n) is 3.03. The molecule has 0 saturated carbocycles. The van der Waals surface area contributed by atoms with Crippen molar-refractivity contribution in [1.29, 1.82) is 0 Å². The lowest BCUT2D eigenvalue weighted by Gasteiger charge is -2.34. The van der Waals surface area contributed by atoms with Gasteiger partial charge in [0.15, 0.2) is 0 Å². The van der Waals surface area contributed by atoms with Crippen LogP contribution in [0.25, 0.3) is 0 Å². The Morgan fingerprint density at radius 1 is 1.52 bits per heavy atom. The van der Waals surface area contributed by atoms with E-state index in [1.165, 1.54) is 0 Å². The van der Waals surface area contributed by atoms with Crippen molar-refractivity contribution in [3.63, 3.8) is 0 Å². The normalized spacial score (nSPS) is 25.3. The molecule has 3 atom stereocenters. The summed E-state index contributed by atoms with van der Waals surface area (Å²) in [5.74, 6) is -0.164. The summed E-state index contributed by atoms with van der Waals surface area (Å²) in [6.45, 7) is 12.1. The molecule has 21 heavy (non-hydrogen) atoms. The Morgan fingerprint density at radius 2 is 2.19 bits per heavy atom. The lowest BCUT2D eigenvalue weighted by Crippen LogP contribution is -2.55. The van der Waals surface area contributed by atoms with Crippen LogP contribution in [0, 0.1) is 0 Å². The number of carbonyl (C=O) groups excluding carboxylic acids is 1. The number of rotatable bonds is 8. The second-order valence-corrected chi connectivity index (χ2v) is 6.51. The molecule has 1 heterocycles. The maximum atomic E-state index is 12.3. The number of esters is 1. The molecule has 1 fully saturated rings. The van der Waals surface area contributed by atoms with Gasteiger partial charge in [0.1, 0.15) is 5.54 Å². The summed E-state index contributed by atoms with van der Waals surface area (Å²) in [7, 11) is 2.11. The Hall–Kier alpha value is -0.650. The molecule has 0 aromatic rings. The first-order chi connectivity index (χ1) is 9.80. The van der Waals surface area contributed by atoms with E-state index in [0.29, 0.717) is 12.6 Å². The zero-order chi connectivity index (χ0) is 16.0. The van der Waals surface area contributed by atoms with E-state index in [9.17, 15) is 4.79 Å². The Morgan fingerprint density at radius 3 is 2.67 bits per heavy atom. The molecule has 124 valence electrons. The lowest BCUT2D eigenvalue weighted by molar-refractivity contribution is -0.151. The molecule has 0 aliphatic carbocycles. The van der Waals surface area contributed by atoms with Crippen molar-refractivity contribution in [3.05, 3.63) is 0 Å². The first-order valence-electron chi connectivity index (χ1n) is 8.07. The van der Waals surface area contributed by atoms with E-state index >= 15 is 0 Å². The first-order valence-corrected chi connectivity index (χ1v) is 8.07. The summed E-state index contributed by atoms with van der Waals surface area (Å²) in [6, 6.07) is 0.675. The number of hydrogen-bond acceptors (Lipinski definition) is 5. The number of nitrogens with one attached hydrogen (secondary N) is 1. The van der Waals surface area contributed by atoms with Crippen LogP contribution in [0.1, 0.15) is 47.5 Å². The minimum absolute atomic E-state index is 0.164. The van der Waals surface area contributed by atoms with E-state index in [4.69, 9.17) is 9.47 Å². The SMILES string of the molecule is CCOC(=O)C(C)(CCN(C)C1CCOC1C)NC(C)C. The van der Waals surface area contributed by atoms with Gasteiger partial charge >= 0.3 is 5.97 Å². The van der Waals surface area contributed by atoms with Crippen molar-refractivity contribution in [1.82, 2.24) is 10.2 Å². The summed E-state index contributed by atoms with van der Waals surface area (Å²) in [6.07, 6.45) is 2.05. The van der Waals surface area contributed by atoms with E-state index in [2.05, 4.69) is 24.2 Å². The second kappa shape index (κ2) is 8.11. The fraction of sp³-hybridized carbons (Fsp3) is 0.938. The molecule has 1 aliphatic rings. The van der Waals surface area contributed by atoms with Gasteiger partial charge in [0.25, 0.3) is 0 Å². The number of ether oxygens (including phenoxy) is 2. The largest absolute Gasteiger partial charge is 0.465 e. The van der Waals surface area contributed by atoms with Crippen molar-refractivity contribution in [3.8, 4) is 0 Å². The van der Waals surface area contributed by atoms with E-state index in [1.54, 1.807) is 0 Å². The smallest absolute Gasteiger partial charge is 0.326 e. The third-order valence-electron chi connectivity index (χ3n) is 4.20. The van der Waals surface area contributed by atoms with Crippen molar-refractivity contribution in [2.24, 2.45) is 0 Å². The number of carbonyl (C=O) groups is 1.